The van der Waals surface area contributed by atoms with Crippen molar-refractivity contribution < 1.29 is 4.79 Å². The lowest BCUT2D eigenvalue weighted by atomic mass is 9.95. The Morgan fingerprint density at radius 1 is 0.914 bits per heavy atom. The largest absolute Gasteiger partial charge is 0.368 e. The Morgan fingerprint density at radius 3 is 2.23 bits per heavy atom. The normalized spacial score (nSPS) is 18.1. The Kier molecular flexibility index (Phi) is 6.83. The van der Waals surface area contributed by atoms with E-state index in [2.05, 4.69) is 89.4 Å². The van der Waals surface area contributed by atoms with Crippen LogP contribution in [0.3, 0.4) is 0 Å². The third-order valence-corrected chi connectivity index (χ3v) is 7.83. The van der Waals surface area contributed by atoms with Crippen molar-refractivity contribution in [2.75, 3.05) is 44.2 Å². The van der Waals surface area contributed by atoms with Gasteiger partial charge in [0, 0.05) is 43.8 Å². The van der Waals surface area contributed by atoms with Crippen molar-refractivity contribution in [2.45, 2.75) is 53.1 Å². The minimum atomic E-state index is 0.155. The van der Waals surface area contributed by atoms with Crippen molar-refractivity contribution in [3.8, 4) is 0 Å². The molecule has 3 heterocycles. The van der Waals surface area contributed by atoms with Crippen molar-refractivity contribution in [3.63, 3.8) is 0 Å². The average molecular weight is 474 g/mol. The molecule has 0 aliphatic carbocycles. The summed E-state index contributed by atoms with van der Waals surface area (Å²) in [6.07, 6.45) is 1.88. The van der Waals surface area contributed by atoms with Crippen LogP contribution in [0.25, 0.3) is 11.0 Å². The van der Waals surface area contributed by atoms with E-state index < -0.39 is 0 Å². The number of fused-ring (bicyclic) bond motifs is 1. The highest BCUT2D eigenvalue weighted by atomic mass is 16.2. The summed E-state index contributed by atoms with van der Waals surface area (Å²) >= 11 is 0. The number of carbonyl (C=O) groups excluding carboxylic acids is 1. The first-order valence-corrected chi connectivity index (χ1v) is 13.2. The lowest BCUT2D eigenvalue weighted by Gasteiger charge is -2.40. The Labute approximate surface area is 209 Å². The minimum Gasteiger partial charge on any atom is -0.368 e. The Hall–Kier alpha value is -2.86. The summed E-state index contributed by atoms with van der Waals surface area (Å²) in [6.45, 7) is 15.1. The average Bonchev–Trinajstić information content (AvgIpc) is 3.22. The fourth-order valence-corrected chi connectivity index (χ4v) is 6.03. The second-order valence-electron chi connectivity index (χ2n) is 10.6. The van der Waals surface area contributed by atoms with Crippen molar-refractivity contribution in [1.29, 1.82) is 0 Å². The molecule has 5 rings (SSSR count). The van der Waals surface area contributed by atoms with Crippen molar-refractivity contribution in [1.82, 2.24) is 19.4 Å². The van der Waals surface area contributed by atoms with E-state index >= 15 is 0 Å². The number of hydrogen-bond donors (Lipinski definition) is 0. The molecule has 186 valence electrons. The first-order valence-electron chi connectivity index (χ1n) is 13.2. The van der Waals surface area contributed by atoms with Crippen LogP contribution in [0.2, 0.25) is 0 Å². The van der Waals surface area contributed by atoms with E-state index in [1.807, 2.05) is 0 Å². The molecular formula is C29H39N5O. The molecule has 0 N–H and O–H groups in total. The van der Waals surface area contributed by atoms with E-state index in [0.717, 1.165) is 70.0 Å². The number of piperidine rings is 1. The third-order valence-electron chi connectivity index (χ3n) is 7.83. The highest BCUT2D eigenvalue weighted by molar-refractivity contribution is 5.79. The van der Waals surface area contributed by atoms with Crippen LogP contribution in [-0.2, 0) is 11.3 Å². The van der Waals surface area contributed by atoms with Gasteiger partial charge in [-0.2, -0.15) is 0 Å². The molecule has 1 aromatic heterocycles. The zero-order valence-electron chi connectivity index (χ0n) is 21.7. The van der Waals surface area contributed by atoms with Gasteiger partial charge in [-0.1, -0.05) is 30.3 Å². The van der Waals surface area contributed by atoms with E-state index in [1.165, 1.54) is 22.3 Å². The molecule has 2 saturated heterocycles. The number of para-hydroxylation sites is 3. The summed E-state index contributed by atoms with van der Waals surface area (Å²) in [6, 6.07) is 15.3. The number of anilines is 1. The maximum atomic E-state index is 13.3. The zero-order valence-corrected chi connectivity index (χ0v) is 21.7. The zero-order chi connectivity index (χ0) is 24.5. The number of likely N-dealkylation sites (tertiary alicyclic amines) is 1. The molecule has 0 bridgehead atoms. The van der Waals surface area contributed by atoms with Crippen LogP contribution >= 0.6 is 0 Å². The predicted molar refractivity (Wildman–Crippen MR) is 143 cm³/mol. The number of nitrogens with zero attached hydrogens (tertiary/aromatic N) is 5. The van der Waals surface area contributed by atoms with Crippen LogP contribution in [0, 0.1) is 19.8 Å². The van der Waals surface area contributed by atoms with Gasteiger partial charge in [-0.05, 0) is 76.9 Å². The molecule has 2 aliphatic heterocycles. The number of carbonyl (C=O) groups is 1. The van der Waals surface area contributed by atoms with Gasteiger partial charge in [0.15, 0.2) is 0 Å². The molecule has 35 heavy (non-hydrogen) atoms. The standard InChI is InChI=1S/C29H39N5O/c1-21(2)34-26-11-6-5-10-25(26)30-27(34)20-31-14-12-24(13-15-31)29(35)33-18-16-32(17-19-33)28-22(3)8-7-9-23(28)4/h5-11,21,24H,12-20H2,1-4H3. The summed E-state index contributed by atoms with van der Waals surface area (Å²) in [4.78, 5) is 25.3. The molecule has 1 amide bonds. The number of imidazole rings is 1. The highest BCUT2D eigenvalue weighted by Gasteiger charge is 2.31. The van der Waals surface area contributed by atoms with Gasteiger partial charge < -0.3 is 14.4 Å². The predicted octanol–water partition coefficient (Wildman–Crippen LogP) is 4.79. The SMILES string of the molecule is Cc1cccc(C)c1N1CCN(C(=O)C2CCN(Cc3nc4ccccc4n3C(C)C)CC2)CC1. The van der Waals surface area contributed by atoms with Gasteiger partial charge in [-0.15, -0.1) is 0 Å². The van der Waals surface area contributed by atoms with Crippen LogP contribution in [0.1, 0.15) is 49.7 Å². The van der Waals surface area contributed by atoms with E-state index in [1.54, 1.807) is 0 Å². The molecule has 0 radical (unpaired) electrons. The maximum Gasteiger partial charge on any atom is 0.225 e. The van der Waals surface area contributed by atoms with Crippen molar-refractivity contribution in [2.24, 2.45) is 5.92 Å². The molecule has 6 heteroatoms. The third kappa shape index (κ3) is 4.81. The molecule has 6 nitrogen and oxygen atoms in total. The van der Waals surface area contributed by atoms with E-state index in [0.29, 0.717) is 11.9 Å². The summed E-state index contributed by atoms with van der Waals surface area (Å²) < 4.78 is 2.36. The molecule has 2 aliphatic rings. The van der Waals surface area contributed by atoms with E-state index in [-0.39, 0.29) is 5.92 Å². The topological polar surface area (TPSA) is 44.6 Å². The Bertz CT molecular complexity index is 1160. The number of aryl methyl sites for hydroxylation is 2. The first kappa shape index (κ1) is 23.9. The van der Waals surface area contributed by atoms with E-state index in [4.69, 9.17) is 4.98 Å². The summed E-state index contributed by atoms with van der Waals surface area (Å²) in [7, 11) is 0. The van der Waals surface area contributed by atoms with Gasteiger partial charge in [0.1, 0.15) is 5.82 Å². The number of aromatic nitrogens is 2. The quantitative estimate of drug-likeness (QED) is 0.534. The molecule has 0 saturated carbocycles. The van der Waals surface area contributed by atoms with E-state index in [9.17, 15) is 4.79 Å². The van der Waals surface area contributed by atoms with Crippen LogP contribution in [0.4, 0.5) is 5.69 Å². The highest BCUT2D eigenvalue weighted by Crippen LogP contribution is 2.28. The first-order chi connectivity index (χ1) is 16.9. The van der Waals surface area contributed by atoms with Gasteiger partial charge in [-0.3, -0.25) is 9.69 Å². The lowest BCUT2D eigenvalue weighted by molar-refractivity contribution is -0.137. The molecule has 2 aromatic carbocycles. The van der Waals surface area contributed by atoms with Gasteiger partial charge in [0.25, 0.3) is 0 Å². The molecule has 0 spiro atoms. The van der Waals surface area contributed by atoms with Crippen molar-refractivity contribution in [3.05, 3.63) is 59.4 Å². The van der Waals surface area contributed by atoms with Crippen LogP contribution in [-0.4, -0.2) is 64.5 Å². The van der Waals surface area contributed by atoms with Gasteiger partial charge >= 0.3 is 0 Å². The Balaban J connectivity index is 1.16. The second-order valence-corrected chi connectivity index (χ2v) is 10.6. The Morgan fingerprint density at radius 2 is 1.57 bits per heavy atom. The molecule has 3 aromatic rings. The number of piperazine rings is 1. The van der Waals surface area contributed by atoms with Gasteiger partial charge in [0.2, 0.25) is 5.91 Å². The molecule has 0 atom stereocenters. The number of hydrogen-bond acceptors (Lipinski definition) is 4. The maximum absolute atomic E-state index is 13.3. The van der Waals surface area contributed by atoms with Crippen molar-refractivity contribution >= 4 is 22.6 Å². The lowest BCUT2D eigenvalue weighted by Crippen LogP contribution is -2.52. The minimum absolute atomic E-state index is 0.155. The summed E-state index contributed by atoms with van der Waals surface area (Å²) in [5.41, 5.74) is 6.27. The number of benzene rings is 2. The van der Waals surface area contributed by atoms with Crippen LogP contribution in [0.5, 0.6) is 0 Å². The summed E-state index contributed by atoms with van der Waals surface area (Å²) in [5.74, 6) is 1.65. The molecule has 2 fully saturated rings. The number of rotatable bonds is 5. The second kappa shape index (κ2) is 10.0. The molecular weight excluding hydrogens is 434 g/mol. The monoisotopic (exact) mass is 473 g/mol. The fraction of sp³-hybridized carbons (Fsp3) is 0.517. The molecule has 0 unspecified atom stereocenters. The summed E-state index contributed by atoms with van der Waals surface area (Å²) in [5, 5.41) is 0. The van der Waals surface area contributed by atoms with Gasteiger partial charge in [0.05, 0.1) is 17.6 Å². The van der Waals surface area contributed by atoms with Crippen LogP contribution < -0.4 is 4.90 Å². The number of amides is 1. The van der Waals surface area contributed by atoms with Crippen LogP contribution in [0.15, 0.2) is 42.5 Å². The van der Waals surface area contributed by atoms with Gasteiger partial charge in [-0.25, -0.2) is 4.98 Å². The fourth-order valence-electron chi connectivity index (χ4n) is 6.03. The smallest absolute Gasteiger partial charge is 0.225 e.